The van der Waals surface area contributed by atoms with E-state index in [1.165, 1.54) is 17.7 Å². The van der Waals surface area contributed by atoms with Gasteiger partial charge in [0.15, 0.2) is 0 Å². The molecule has 0 bridgehead atoms. The summed E-state index contributed by atoms with van der Waals surface area (Å²) in [5, 5.41) is 13.7. The summed E-state index contributed by atoms with van der Waals surface area (Å²) in [6, 6.07) is 14.3. The normalized spacial score (nSPS) is 11.1. The van der Waals surface area contributed by atoms with E-state index in [4.69, 9.17) is 0 Å². The molecule has 0 aliphatic carbocycles. The summed E-state index contributed by atoms with van der Waals surface area (Å²) < 4.78 is 0. The van der Waals surface area contributed by atoms with Crippen molar-refractivity contribution in [1.29, 1.82) is 0 Å². The van der Waals surface area contributed by atoms with Crippen molar-refractivity contribution in [2.75, 3.05) is 6.54 Å². The predicted molar refractivity (Wildman–Crippen MR) is 94.3 cm³/mol. The van der Waals surface area contributed by atoms with Gasteiger partial charge in [-0.25, -0.2) is 0 Å². The molecule has 0 spiro atoms. The highest BCUT2D eigenvalue weighted by molar-refractivity contribution is 5.98. The average molecular weight is 326 g/mol. The minimum Gasteiger partial charge on any atom is -0.351 e. The van der Waals surface area contributed by atoms with Crippen LogP contribution in [-0.4, -0.2) is 17.4 Å². The van der Waals surface area contributed by atoms with Gasteiger partial charge in [-0.3, -0.25) is 14.9 Å². The third-order valence-corrected chi connectivity index (χ3v) is 3.86. The topological polar surface area (TPSA) is 72.2 Å². The van der Waals surface area contributed by atoms with Crippen molar-refractivity contribution >= 4 is 11.6 Å². The molecule has 5 heteroatoms. The van der Waals surface area contributed by atoms with Crippen LogP contribution in [0.3, 0.4) is 0 Å². The van der Waals surface area contributed by atoms with Crippen molar-refractivity contribution in [3.05, 3.63) is 75.3 Å². The molecule has 2 aromatic carbocycles. The van der Waals surface area contributed by atoms with Crippen LogP contribution in [0.1, 0.15) is 42.3 Å². The molecule has 0 unspecified atom stereocenters. The molecule has 126 valence electrons. The Balaban J connectivity index is 1.95. The minimum absolute atomic E-state index is 0.0885. The number of carbonyl (C=O) groups is 1. The Morgan fingerprint density at radius 2 is 1.71 bits per heavy atom. The van der Waals surface area contributed by atoms with E-state index in [9.17, 15) is 14.9 Å². The number of nitrogens with one attached hydrogen (secondary N) is 1. The van der Waals surface area contributed by atoms with E-state index in [-0.39, 0.29) is 16.7 Å². The first-order chi connectivity index (χ1) is 11.3. The lowest BCUT2D eigenvalue weighted by atomic mass is 9.86. The van der Waals surface area contributed by atoms with E-state index >= 15 is 0 Å². The van der Waals surface area contributed by atoms with Gasteiger partial charge in [0.2, 0.25) is 0 Å². The molecule has 0 fully saturated rings. The van der Waals surface area contributed by atoms with Crippen molar-refractivity contribution in [1.82, 2.24) is 5.32 Å². The third-order valence-electron chi connectivity index (χ3n) is 3.86. The molecule has 24 heavy (non-hydrogen) atoms. The van der Waals surface area contributed by atoms with Gasteiger partial charge in [0, 0.05) is 12.6 Å². The molecular formula is C19H22N2O3. The molecule has 0 radical (unpaired) electrons. The van der Waals surface area contributed by atoms with Crippen LogP contribution < -0.4 is 5.32 Å². The van der Waals surface area contributed by atoms with E-state index < -0.39 is 10.8 Å². The van der Waals surface area contributed by atoms with Gasteiger partial charge in [-0.1, -0.05) is 57.2 Å². The van der Waals surface area contributed by atoms with Gasteiger partial charge in [-0.15, -0.1) is 0 Å². The molecule has 0 saturated heterocycles. The highest BCUT2D eigenvalue weighted by Crippen LogP contribution is 2.22. The fraction of sp³-hybridized carbons (Fsp3) is 0.316. The monoisotopic (exact) mass is 326 g/mol. The zero-order chi connectivity index (χ0) is 17.7. The molecule has 0 aromatic heterocycles. The number of nitrogens with zero attached hydrogens (tertiary/aromatic N) is 1. The second-order valence-corrected chi connectivity index (χ2v) is 6.73. The van der Waals surface area contributed by atoms with E-state index in [1.807, 2.05) is 0 Å². The number of hydrogen-bond acceptors (Lipinski definition) is 3. The van der Waals surface area contributed by atoms with Crippen molar-refractivity contribution in [3.63, 3.8) is 0 Å². The second-order valence-electron chi connectivity index (χ2n) is 6.73. The summed E-state index contributed by atoms with van der Waals surface area (Å²) in [4.78, 5) is 22.5. The van der Waals surface area contributed by atoms with Crippen LogP contribution in [-0.2, 0) is 11.8 Å². The lowest BCUT2D eigenvalue weighted by Crippen LogP contribution is -2.26. The van der Waals surface area contributed by atoms with Gasteiger partial charge in [-0.05, 0) is 29.0 Å². The van der Waals surface area contributed by atoms with Crippen LogP contribution in [0.25, 0.3) is 0 Å². The molecule has 1 N–H and O–H groups in total. The van der Waals surface area contributed by atoms with E-state index in [0.717, 1.165) is 5.56 Å². The Morgan fingerprint density at radius 1 is 1.08 bits per heavy atom. The molecule has 0 atom stereocenters. The highest BCUT2D eigenvalue weighted by atomic mass is 16.6. The van der Waals surface area contributed by atoms with Crippen LogP contribution >= 0.6 is 0 Å². The Hall–Kier alpha value is -2.69. The number of rotatable bonds is 5. The molecule has 0 aliphatic heterocycles. The Labute approximate surface area is 141 Å². The van der Waals surface area contributed by atoms with Gasteiger partial charge < -0.3 is 5.32 Å². The second kappa shape index (κ2) is 7.25. The molecule has 0 aliphatic rings. The van der Waals surface area contributed by atoms with E-state index in [1.54, 1.807) is 12.1 Å². The van der Waals surface area contributed by atoms with E-state index in [0.29, 0.717) is 13.0 Å². The van der Waals surface area contributed by atoms with Crippen LogP contribution in [0, 0.1) is 10.1 Å². The summed E-state index contributed by atoms with van der Waals surface area (Å²) >= 11 is 0. The van der Waals surface area contributed by atoms with Gasteiger partial charge >= 0.3 is 0 Å². The SMILES string of the molecule is CC(C)(C)c1ccc(CCNC(=O)c2ccccc2[N+](=O)[O-])cc1. The fourth-order valence-corrected chi connectivity index (χ4v) is 2.41. The van der Waals surface area contributed by atoms with Gasteiger partial charge in [0.25, 0.3) is 11.6 Å². The summed E-state index contributed by atoms with van der Waals surface area (Å²) in [5.74, 6) is -0.423. The molecule has 2 aromatic rings. The maximum absolute atomic E-state index is 12.1. The van der Waals surface area contributed by atoms with Gasteiger partial charge in [0.1, 0.15) is 5.56 Å². The molecular weight excluding hydrogens is 304 g/mol. The Bertz CT molecular complexity index is 731. The first kappa shape index (κ1) is 17.7. The zero-order valence-corrected chi connectivity index (χ0v) is 14.2. The number of nitro benzene ring substituents is 1. The molecule has 5 nitrogen and oxygen atoms in total. The number of hydrogen-bond donors (Lipinski definition) is 1. The van der Waals surface area contributed by atoms with Crippen LogP contribution in [0.15, 0.2) is 48.5 Å². The van der Waals surface area contributed by atoms with Gasteiger partial charge in [0.05, 0.1) is 4.92 Å². The maximum Gasteiger partial charge on any atom is 0.282 e. The van der Waals surface area contributed by atoms with Crippen molar-refractivity contribution in [2.45, 2.75) is 32.6 Å². The average Bonchev–Trinajstić information content (AvgIpc) is 2.54. The molecule has 2 rings (SSSR count). The van der Waals surface area contributed by atoms with Crippen molar-refractivity contribution in [2.24, 2.45) is 0 Å². The summed E-state index contributed by atoms with van der Waals surface area (Å²) in [6.45, 7) is 6.92. The quantitative estimate of drug-likeness (QED) is 0.670. The lowest BCUT2D eigenvalue weighted by Gasteiger charge is -2.19. The van der Waals surface area contributed by atoms with Crippen molar-refractivity contribution < 1.29 is 9.72 Å². The van der Waals surface area contributed by atoms with Crippen molar-refractivity contribution in [3.8, 4) is 0 Å². The summed E-state index contributed by atoms with van der Waals surface area (Å²) in [6.07, 6.45) is 0.677. The number of benzene rings is 2. The largest absolute Gasteiger partial charge is 0.351 e. The minimum atomic E-state index is -0.542. The first-order valence-electron chi connectivity index (χ1n) is 7.90. The molecule has 1 amide bonds. The Kier molecular flexibility index (Phi) is 5.34. The Morgan fingerprint density at radius 3 is 2.29 bits per heavy atom. The highest BCUT2D eigenvalue weighted by Gasteiger charge is 2.18. The van der Waals surface area contributed by atoms with Crippen LogP contribution in [0.5, 0.6) is 0 Å². The lowest BCUT2D eigenvalue weighted by molar-refractivity contribution is -0.385. The zero-order valence-electron chi connectivity index (χ0n) is 14.2. The number of nitro groups is 1. The number of para-hydroxylation sites is 1. The van der Waals surface area contributed by atoms with Gasteiger partial charge in [-0.2, -0.15) is 0 Å². The molecule has 0 saturated carbocycles. The summed E-state index contributed by atoms with van der Waals surface area (Å²) in [7, 11) is 0. The van der Waals surface area contributed by atoms with Crippen LogP contribution in [0.4, 0.5) is 5.69 Å². The number of amides is 1. The summed E-state index contributed by atoms with van der Waals surface area (Å²) in [5.41, 5.74) is 2.40. The van der Waals surface area contributed by atoms with Crippen LogP contribution in [0.2, 0.25) is 0 Å². The predicted octanol–water partition coefficient (Wildman–Crippen LogP) is 3.86. The number of carbonyl (C=O) groups excluding carboxylic acids is 1. The van der Waals surface area contributed by atoms with E-state index in [2.05, 4.69) is 50.4 Å². The maximum atomic E-state index is 12.1. The smallest absolute Gasteiger partial charge is 0.282 e. The fourth-order valence-electron chi connectivity index (χ4n) is 2.41. The third kappa shape index (κ3) is 4.41. The molecule has 0 heterocycles. The first-order valence-corrected chi connectivity index (χ1v) is 7.90. The standard InChI is InChI=1S/C19H22N2O3/c1-19(2,3)15-10-8-14(9-11-15)12-13-20-18(22)16-6-4-5-7-17(16)21(23)24/h4-11H,12-13H2,1-3H3,(H,20,22).